The molecule has 0 aromatic heterocycles. The van der Waals surface area contributed by atoms with Gasteiger partial charge in [0.05, 0.1) is 0 Å². The molecule has 0 unspecified atom stereocenters. The first kappa shape index (κ1) is 27.7. The summed E-state index contributed by atoms with van der Waals surface area (Å²) in [6.45, 7) is 0.507. The van der Waals surface area contributed by atoms with Crippen molar-refractivity contribution in [1.82, 2.24) is 10.2 Å². The van der Waals surface area contributed by atoms with Crippen molar-refractivity contribution in [3.05, 3.63) is 96.1 Å². The number of nitrogens with zero attached hydrogens (tertiary/aromatic N) is 1. The molecule has 0 bridgehead atoms. The van der Waals surface area contributed by atoms with Crippen LogP contribution in [-0.2, 0) is 19.9 Å². The molecule has 6 nitrogen and oxygen atoms in total. The van der Waals surface area contributed by atoms with Crippen LogP contribution in [0.3, 0.4) is 0 Å². The molecule has 0 radical (unpaired) electrons. The van der Waals surface area contributed by atoms with Crippen molar-refractivity contribution in [1.29, 1.82) is 0 Å². The standard InChI is InChI=1S/C31H31F3N2O4/c1-39-30(31(32,33)34,22-10-4-2-5-11-22)28(38)36-18-16-29(17-19-36)20-27(37)35-21-25(29)24-14-8-9-15-26(24)40-23-12-6-3-7-13-23/h2-15,25H,16-21H2,1H3,(H,35,37)/t25-,30-/m1/s1. The van der Waals surface area contributed by atoms with Crippen LogP contribution in [0.4, 0.5) is 13.2 Å². The lowest BCUT2D eigenvalue weighted by Gasteiger charge is -2.50. The van der Waals surface area contributed by atoms with Crippen molar-refractivity contribution in [2.45, 2.75) is 37.0 Å². The van der Waals surface area contributed by atoms with E-state index < -0.39 is 23.1 Å². The van der Waals surface area contributed by atoms with Gasteiger partial charge in [0.15, 0.2) is 0 Å². The summed E-state index contributed by atoms with van der Waals surface area (Å²) in [6.07, 6.45) is -4.03. The number of para-hydroxylation sites is 2. The van der Waals surface area contributed by atoms with Gasteiger partial charge in [-0.15, -0.1) is 0 Å². The van der Waals surface area contributed by atoms with Gasteiger partial charge in [-0.1, -0.05) is 66.7 Å². The van der Waals surface area contributed by atoms with Gasteiger partial charge in [-0.2, -0.15) is 13.2 Å². The van der Waals surface area contributed by atoms with Crippen LogP contribution in [0.25, 0.3) is 0 Å². The van der Waals surface area contributed by atoms with E-state index >= 15 is 0 Å². The van der Waals surface area contributed by atoms with Crippen LogP contribution in [0.5, 0.6) is 11.5 Å². The highest BCUT2D eigenvalue weighted by atomic mass is 19.4. The van der Waals surface area contributed by atoms with E-state index in [0.29, 0.717) is 30.9 Å². The number of hydrogen-bond donors (Lipinski definition) is 1. The lowest BCUT2D eigenvalue weighted by atomic mass is 9.62. The van der Waals surface area contributed by atoms with E-state index in [1.54, 1.807) is 6.07 Å². The molecule has 0 saturated carbocycles. The Kier molecular flexibility index (Phi) is 7.59. The molecular weight excluding hydrogens is 521 g/mol. The van der Waals surface area contributed by atoms with E-state index in [0.717, 1.165) is 12.7 Å². The van der Waals surface area contributed by atoms with Crippen molar-refractivity contribution in [2.24, 2.45) is 5.41 Å². The molecule has 2 fully saturated rings. The normalized spacial score (nSPS) is 20.4. The molecule has 1 spiro atoms. The van der Waals surface area contributed by atoms with E-state index in [-0.39, 0.29) is 36.9 Å². The van der Waals surface area contributed by atoms with E-state index in [9.17, 15) is 22.8 Å². The number of ether oxygens (including phenoxy) is 2. The highest BCUT2D eigenvalue weighted by Gasteiger charge is 2.64. The predicted molar refractivity (Wildman–Crippen MR) is 143 cm³/mol. The highest BCUT2D eigenvalue weighted by molar-refractivity contribution is 5.88. The summed E-state index contributed by atoms with van der Waals surface area (Å²) in [5, 5.41) is 2.96. The zero-order valence-corrected chi connectivity index (χ0v) is 22.1. The summed E-state index contributed by atoms with van der Waals surface area (Å²) in [4.78, 5) is 27.5. The molecule has 2 aliphatic heterocycles. The summed E-state index contributed by atoms with van der Waals surface area (Å²) in [5.74, 6) is -0.0664. The monoisotopic (exact) mass is 552 g/mol. The third kappa shape index (κ3) is 4.94. The Bertz CT molecular complexity index is 1340. The van der Waals surface area contributed by atoms with Crippen LogP contribution in [-0.4, -0.2) is 49.6 Å². The lowest BCUT2D eigenvalue weighted by Crippen LogP contribution is -2.60. The maximum atomic E-state index is 14.5. The number of carbonyl (C=O) groups is 2. The van der Waals surface area contributed by atoms with Gasteiger partial charge in [0.2, 0.25) is 5.91 Å². The summed E-state index contributed by atoms with van der Waals surface area (Å²) in [7, 11) is 0.912. The minimum Gasteiger partial charge on any atom is -0.457 e. The summed E-state index contributed by atoms with van der Waals surface area (Å²) in [5.41, 5.74) is -3.01. The van der Waals surface area contributed by atoms with Gasteiger partial charge in [-0.25, -0.2) is 0 Å². The summed E-state index contributed by atoms with van der Waals surface area (Å²) >= 11 is 0. The third-order valence-electron chi connectivity index (χ3n) is 8.25. The average Bonchev–Trinajstić information content (AvgIpc) is 2.95. The van der Waals surface area contributed by atoms with Crippen LogP contribution < -0.4 is 10.1 Å². The fraction of sp³-hybridized carbons (Fsp3) is 0.355. The van der Waals surface area contributed by atoms with Gasteiger partial charge < -0.3 is 19.7 Å². The zero-order valence-electron chi connectivity index (χ0n) is 22.1. The molecule has 9 heteroatoms. The molecule has 2 atom stereocenters. The molecule has 0 aliphatic carbocycles. The number of carbonyl (C=O) groups excluding carboxylic acids is 2. The second-order valence-electron chi connectivity index (χ2n) is 10.4. The molecule has 40 heavy (non-hydrogen) atoms. The first-order chi connectivity index (χ1) is 19.2. The van der Waals surface area contributed by atoms with Crippen LogP contribution >= 0.6 is 0 Å². The van der Waals surface area contributed by atoms with Crippen molar-refractivity contribution in [3.8, 4) is 11.5 Å². The van der Waals surface area contributed by atoms with Gasteiger partial charge >= 0.3 is 6.18 Å². The van der Waals surface area contributed by atoms with Gasteiger partial charge in [-0.3, -0.25) is 9.59 Å². The number of nitrogens with one attached hydrogen (secondary N) is 1. The summed E-state index contributed by atoms with van der Waals surface area (Å²) in [6, 6.07) is 24.0. The highest BCUT2D eigenvalue weighted by Crippen LogP contribution is 2.52. The largest absolute Gasteiger partial charge is 0.457 e. The van der Waals surface area contributed by atoms with Crippen molar-refractivity contribution < 1.29 is 32.2 Å². The number of methoxy groups -OCH3 is 1. The molecule has 3 aromatic rings. The Morgan fingerprint density at radius 1 is 0.925 bits per heavy atom. The Morgan fingerprint density at radius 2 is 1.52 bits per heavy atom. The van der Waals surface area contributed by atoms with Crippen LogP contribution in [0, 0.1) is 5.41 Å². The first-order valence-electron chi connectivity index (χ1n) is 13.3. The van der Waals surface area contributed by atoms with E-state index in [1.807, 2.05) is 54.6 Å². The number of halogens is 3. The molecule has 2 aliphatic rings. The average molecular weight is 553 g/mol. The van der Waals surface area contributed by atoms with Gasteiger partial charge in [0, 0.05) is 50.2 Å². The van der Waals surface area contributed by atoms with Gasteiger partial charge in [-0.05, 0) is 36.5 Å². The Hall–Kier alpha value is -3.85. The minimum atomic E-state index is -4.98. The molecule has 2 heterocycles. The number of likely N-dealkylation sites (tertiary alicyclic amines) is 1. The first-order valence-corrected chi connectivity index (χ1v) is 13.3. The second-order valence-corrected chi connectivity index (χ2v) is 10.4. The number of rotatable bonds is 6. The van der Waals surface area contributed by atoms with Crippen molar-refractivity contribution >= 4 is 11.8 Å². The maximum absolute atomic E-state index is 14.5. The SMILES string of the molecule is CO[C@@](C(=O)N1CCC2(CC1)CC(=O)NC[C@@H]2c1ccccc1Oc1ccccc1)(c1ccccc1)C(F)(F)F. The van der Waals surface area contributed by atoms with Crippen LogP contribution in [0.1, 0.15) is 36.3 Å². The van der Waals surface area contributed by atoms with E-state index in [4.69, 9.17) is 9.47 Å². The molecule has 2 amide bonds. The molecule has 5 rings (SSSR count). The quantitative estimate of drug-likeness (QED) is 0.420. The molecule has 210 valence electrons. The smallest absolute Gasteiger partial charge is 0.430 e. The van der Waals surface area contributed by atoms with Crippen LogP contribution in [0.2, 0.25) is 0 Å². The van der Waals surface area contributed by atoms with Crippen LogP contribution in [0.15, 0.2) is 84.9 Å². The van der Waals surface area contributed by atoms with Gasteiger partial charge in [0.1, 0.15) is 11.5 Å². The minimum absolute atomic E-state index is 0.0678. The molecule has 3 aromatic carbocycles. The fourth-order valence-corrected chi connectivity index (χ4v) is 6.16. The number of hydrogen-bond acceptors (Lipinski definition) is 4. The Labute approximate surface area is 231 Å². The maximum Gasteiger partial charge on any atom is 0.430 e. The number of piperidine rings is 2. The molecule has 1 N–H and O–H groups in total. The predicted octanol–water partition coefficient (Wildman–Crippen LogP) is 5.80. The number of amides is 2. The summed E-state index contributed by atoms with van der Waals surface area (Å²) < 4.78 is 54.8. The van der Waals surface area contributed by atoms with E-state index in [2.05, 4.69) is 5.32 Å². The van der Waals surface area contributed by atoms with Gasteiger partial charge in [0.25, 0.3) is 11.5 Å². The Balaban J connectivity index is 1.43. The third-order valence-corrected chi connectivity index (χ3v) is 8.25. The van der Waals surface area contributed by atoms with E-state index in [1.165, 1.54) is 29.2 Å². The molecule has 2 saturated heterocycles. The number of benzene rings is 3. The topological polar surface area (TPSA) is 67.9 Å². The molecular formula is C31H31F3N2O4. The fourth-order valence-electron chi connectivity index (χ4n) is 6.16. The Morgan fingerprint density at radius 3 is 2.15 bits per heavy atom. The number of alkyl halides is 3. The zero-order chi connectivity index (χ0) is 28.4. The van der Waals surface area contributed by atoms with Crippen molar-refractivity contribution in [3.63, 3.8) is 0 Å². The lowest BCUT2D eigenvalue weighted by molar-refractivity contribution is -0.271. The second kappa shape index (κ2) is 11.0. The van der Waals surface area contributed by atoms with Crippen molar-refractivity contribution in [2.75, 3.05) is 26.7 Å².